The van der Waals surface area contributed by atoms with Gasteiger partial charge >= 0.3 is 42.0 Å². The molecule has 7 aliphatic carbocycles. The number of carboxylic acid groups (broad SMARTS) is 6. The molecule has 0 saturated heterocycles. The average molecular weight is 1900 g/mol. The fraction of sp³-hybridized carbons (Fsp3) is 0.411. The quantitative estimate of drug-likeness (QED) is 0.0197. The molecule has 0 amide bonds. The summed E-state index contributed by atoms with van der Waals surface area (Å²) in [6, 6.07) is 51.0. The number of hydrogen-bond donors (Lipinski definition) is 6. The second-order valence-electron chi connectivity index (χ2n) is 36.0. The third kappa shape index (κ3) is 33.0. The maximum Gasteiger partial charge on any atom is 0.416 e. The van der Waals surface area contributed by atoms with E-state index in [9.17, 15) is 67.5 Å². The van der Waals surface area contributed by atoms with Crippen LogP contribution < -0.4 is 33.3 Å². The summed E-state index contributed by atoms with van der Waals surface area (Å²) >= 11 is 5.79. The molecule has 25 heteroatoms. The maximum atomic E-state index is 12.5. The summed E-state index contributed by atoms with van der Waals surface area (Å²) in [6.07, 6.45) is 40.0. The average Bonchev–Trinajstić information content (AvgIpc) is 1.64. The van der Waals surface area contributed by atoms with E-state index < -0.39 is 84.2 Å². The van der Waals surface area contributed by atoms with E-state index in [1.807, 2.05) is 128 Å². The van der Waals surface area contributed by atoms with Crippen LogP contribution in [-0.2, 0) is 47.8 Å². The third-order valence-electron chi connectivity index (χ3n) is 25.6. The van der Waals surface area contributed by atoms with Crippen molar-refractivity contribution < 1.29 is 110 Å². The SMILES string of the molecule is CN(C)c1cccc(OC(CCC2=CCCCC2)C(=O)O)c1.O=C(O)C(CCC1=CCCC1)Oc1ccc(C(F)(F)F)cc1.O=C(O)C(CCC1=CCCC1)Oc1ccc2oc3ccccc3c2c1.O=C(O)C(CCC1=CCCCC1)Oc1ccc(Cl)cc1.O=C(O)C(CCC1=CCCCC1)Oc1ccc2c(c1)CCC2.O=C(O)C(CCC1=CCCCC1)Oc1ccc2oc3ccccc3c2c1. The highest BCUT2D eigenvalue weighted by Gasteiger charge is 2.32. The van der Waals surface area contributed by atoms with Crippen molar-refractivity contribution in [1.29, 1.82) is 0 Å². The molecule has 0 bridgehead atoms. The molecule has 0 radical (unpaired) electrons. The largest absolute Gasteiger partial charge is 0.479 e. The van der Waals surface area contributed by atoms with Gasteiger partial charge in [-0.25, -0.2) is 28.8 Å². The Labute approximate surface area is 803 Å². The van der Waals surface area contributed by atoms with E-state index in [0.717, 1.165) is 202 Å². The number of aryl methyl sites for hydroxylation is 2. The van der Waals surface area contributed by atoms with E-state index in [2.05, 4.69) is 42.5 Å². The zero-order valence-corrected chi connectivity index (χ0v) is 78.9. The molecule has 2 heterocycles. The summed E-state index contributed by atoms with van der Waals surface area (Å²) in [5.74, 6) is -2.53. The van der Waals surface area contributed by atoms with Crippen LogP contribution in [0, 0.1) is 0 Å². The second kappa shape index (κ2) is 52.6. The number of carboxylic acids is 6. The number of benzene rings is 8. The molecule has 6 N–H and O–H groups in total. The van der Waals surface area contributed by atoms with Crippen molar-refractivity contribution >= 4 is 97.0 Å². The van der Waals surface area contributed by atoms with E-state index >= 15 is 0 Å². The molecule has 728 valence electrons. The van der Waals surface area contributed by atoms with Crippen molar-refractivity contribution in [2.45, 2.75) is 280 Å². The predicted molar refractivity (Wildman–Crippen MR) is 527 cm³/mol. The first-order chi connectivity index (χ1) is 66.2. The lowest BCUT2D eigenvalue weighted by Crippen LogP contribution is -2.27. The molecule has 0 fully saturated rings. The number of ether oxygens (including phenoxy) is 6. The summed E-state index contributed by atoms with van der Waals surface area (Å²) in [6.45, 7) is 0. The number of furan rings is 2. The highest BCUT2D eigenvalue weighted by Crippen LogP contribution is 2.39. The molecular weight excluding hydrogens is 1770 g/mol. The number of hydrogen-bond acceptors (Lipinski definition) is 15. The fourth-order valence-corrected chi connectivity index (χ4v) is 18.1. The number of fused-ring (bicyclic) bond motifs is 7. The minimum absolute atomic E-state index is 0.126. The van der Waals surface area contributed by atoms with Crippen LogP contribution in [0.4, 0.5) is 18.9 Å². The summed E-state index contributed by atoms with van der Waals surface area (Å²) in [7, 11) is 3.90. The molecule has 10 aromatic rings. The van der Waals surface area contributed by atoms with Gasteiger partial charge in [-0.1, -0.05) is 130 Å². The van der Waals surface area contributed by atoms with Crippen molar-refractivity contribution in [2.24, 2.45) is 0 Å². The smallest absolute Gasteiger partial charge is 0.416 e. The Bertz CT molecular complexity index is 5880. The summed E-state index contributed by atoms with van der Waals surface area (Å²) in [4.78, 5) is 70.6. The monoisotopic (exact) mass is 1900 g/mol. The van der Waals surface area contributed by atoms with Gasteiger partial charge in [0.1, 0.15) is 56.8 Å². The van der Waals surface area contributed by atoms with Gasteiger partial charge in [0.25, 0.3) is 0 Å². The van der Waals surface area contributed by atoms with Crippen LogP contribution in [0.2, 0.25) is 5.02 Å². The van der Waals surface area contributed by atoms with Gasteiger partial charge in [-0.15, -0.1) is 0 Å². The minimum Gasteiger partial charge on any atom is -0.479 e. The Morgan fingerprint density at radius 2 is 0.613 bits per heavy atom. The molecule has 0 aliphatic heterocycles. The molecule has 0 spiro atoms. The van der Waals surface area contributed by atoms with E-state index in [-0.39, 0.29) is 5.75 Å². The zero-order valence-electron chi connectivity index (χ0n) is 78.2. The Hall–Kier alpha value is -12.7. The second-order valence-corrected chi connectivity index (χ2v) is 36.4. The molecule has 7 aliphatic rings. The Morgan fingerprint density at radius 1 is 0.314 bits per heavy atom. The van der Waals surface area contributed by atoms with E-state index in [1.54, 1.807) is 36.4 Å². The van der Waals surface area contributed by atoms with Crippen LogP contribution in [0.25, 0.3) is 43.9 Å². The standard InChI is InChI=1S/C22H22O4.C21H20O4.C19H24O3.C18H25NO3.C16H19ClO3.C16H17F3O3/c23-22(24)21(12-10-15-6-2-1-3-7-15)25-16-11-13-20-18(14-16)17-8-4-5-9-19(17)26-20;22-21(23)20(11-9-14-5-1-2-6-14)24-15-10-12-19-17(13-15)16-7-3-4-8-18(16)25-19;20-19(21)18(12-9-14-5-2-1-3-6-14)22-17-11-10-15-7-4-8-16(15)13-17;1-19(2)15-9-6-10-16(13-15)22-17(18(20)21)12-11-14-7-4-3-5-8-14;17-13-7-9-14(10-8-13)20-15(16(18)19)11-6-12-4-2-1-3-5-12;17-16(18,19)12-6-8-13(9-7-12)22-14(15(20)21)10-5-11-3-1-2-4-11/h4-6,8-9,11,13-14,21H,1-3,7,10,12H2,(H,23,24);3-5,7-8,10,12-13,20H,1-2,6,9,11H2,(H,22,23);5,10-11,13,18H,1-4,6-9,12H2,(H,20,21);6-7,9-10,13,17H,3-5,8,11-12H2,1-2H3,(H,20,21);4,7-10,15H,1-3,5-6,11H2,(H,18,19);3,6-9,14H,1-2,4-5,10H2,(H,20,21). The van der Waals surface area contributed by atoms with Gasteiger partial charge in [-0.3, -0.25) is 0 Å². The fourth-order valence-electron chi connectivity index (χ4n) is 18.0. The number of nitrogens with zero attached hydrogens (tertiary/aromatic N) is 1. The Kier molecular flexibility index (Phi) is 39.6. The van der Waals surface area contributed by atoms with Gasteiger partial charge in [-0.05, 0) is 370 Å². The van der Waals surface area contributed by atoms with Crippen molar-refractivity contribution in [2.75, 3.05) is 19.0 Å². The van der Waals surface area contributed by atoms with Gasteiger partial charge in [0, 0.05) is 52.4 Å². The number of allylic oxidation sites excluding steroid dienone is 12. The Morgan fingerprint density at radius 3 is 0.949 bits per heavy atom. The molecule has 21 nitrogen and oxygen atoms in total. The molecule has 8 aromatic carbocycles. The molecule has 137 heavy (non-hydrogen) atoms. The number of para-hydroxylation sites is 2. The topological polar surface area (TPSA) is 309 Å². The van der Waals surface area contributed by atoms with Crippen molar-refractivity contribution in [3.05, 3.63) is 268 Å². The first-order valence-electron chi connectivity index (χ1n) is 48.3. The van der Waals surface area contributed by atoms with Crippen molar-refractivity contribution in [3.63, 3.8) is 0 Å². The number of halogens is 4. The summed E-state index contributed by atoms with van der Waals surface area (Å²) < 4.78 is 82.9. The molecule has 17 rings (SSSR count). The van der Waals surface area contributed by atoms with E-state index in [1.165, 1.54) is 109 Å². The van der Waals surface area contributed by atoms with Gasteiger partial charge in [0.15, 0.2) is 36.6 Å². The Balaban J connectivity index is 0.000000148. The van der Waals surface area contributed by atoms with Crippen LogP contribution in [0.3, 0.4) is 0 Å². The molecule has 6 atom stereocenters. The van der Waals surface area contributed by atoms with Gasteiger partial charge < -0.3 is 72.8 Å². The maximum absolute atomic E-state index is 12.5. The number of anilines is 1. The summed E-state index contributed by atoms with van der Waals surface area (Å²) in [5, 5.41) is 60.8. The first-order valence-corrected chi connectivity index (χ1v) is 48.7. The van der Waals surface area contributed by atoms with Crippen LogP contribution in [-0.4, -0.2) is 117 Å². The normalized spacial score (nSPS) is 16.3. The lowest BCUT2D eigenvalue weighted by molar-refractivity contribution is -0.146. The lowest BCUT2D eigenvalue weighted by atomic mass is 9.95. The van der Waals surface area contributed by atoms with Crippen molar-refractivity contribution in [1.82, 2.24) is 0 Å². The molecular formula is C112H127ClF3NO20. The van der Waals surface area contributed by atoms with Crippen LogP contribution in [0.1, 0.15) is 241 Å². The molecule has 6 unspecified atom stereocenters. The third-order valence-corrected chi connectivity index (χ3v) is 25.8. The van der Waals surface area contributed by atoms with Gasteiger partial charge in [-0.2, -0.15) is 13.2 Å². The molecule has 0 saturated carbocycles. The number of rotatable bonds is 37. The number of aliphatic carboxylic acids is 6. The number of alkyl halides is 3. The highest BCUT2D eigenvalue weighted by molar-refractivity contribution is 6.30. The van der Waals surface area contributed by atoms with Crippen LogP contribution >= 0.6 is 11.6 Å². The van der Waals surface area contributed by atoms with Crippen LogP contribution in [0.15, 0.2) is 255 Å². The van der Waals surface area contributed by atoms with Gasteiger partial charge in [0.05, 0.1) is 5.56 Å². The van der Waals surface area contributed by atoms with E-state index in [0.29, 0.717) is 78.7 Å². The highest BCUT2D eigenvalue weighted by atomic mass is 35.5. The zero-order chi connectivity index (χ0) is 97.0. The lowest BCUT2D eigenvalue weighted by Gasteiger charge is -2.19. The van der Waals surface area contributed by atoms with Crippen molar-refractivity contribution in [3.8, 4) is 34.5 Å². The summed E-state index contributed by atoms with van der Waals surface area (Å²) in [5.41, 5.74) is 14.2. The van der Waals surface area contributed by atoms with Crippen LogP contribution in [0.5, 0.6) is 34.5 Å². The molecule has 2 aromatic heterocycles. The number of carbonyl (C=O) groups is 6. The minimum atomic E-state index is -4.42. The first kappa shape index (κ1) is 103. The van der Waals surface area contributed by atoms with E-state index in [4.69, 9.17) is 54.0 Å². The predicted octanol–water partition coefficient (Wildman–Crippen LogP) is 28.0. The van der Waals surface area contributed by atoms with Gasteiger partial charge in [0.2, 0.25) is 0 Å².